The lowest BCUT2D eigenvalue weighted by Crippen LogP contribution is -2.26. The van der Waals surface area contributed by atoms with Crippen molar-refractivity contribution in [3.05, 3.63) is 215 Å². The molecule has 26 nitrogen and oxygen atoms in total. The Kier molecular flexibility index (Phi) is 43.4. The van der Waals surface area contributed by atoms with Gasteiger partial charge in [-0.1, -0.05) is 159 Å². The maximum Gasteiger partial charge on any atom is 0.306 e. The van der Waals surface area contributed by atoms with Crippen LogP contribution < -0.4 is 33.8 Å². The topological polar surface area (TPSA) is 329 Å². The largest absolute Gasteiger partial charge is 0.507 e. The molecule has 0 aliphatic carbocycles. The molecule has 1 aliphatic rings. The first-order valence-corrected chi connectivity index (χ1v) is 40.1. The van der Waals surface area contributed by atoms with Crippen LogP contribution >= 0.6 is 170 Å². The van der Waals surface area contributed by atoms with E-state index in [0.717, 1.165) is 65.0 Å². The van der Waals surface area contributed by atoms with E-state index in [1.807, 2.05) is 72.8 Å². The van der Waals surface area contributed by atoms with Gasteiger partial charge in [0.05, 0.1) is 114 Å². The van der Waals surface area contributed by atoms with Crippen molar-refractivity contribution >= 4 is 210 Å². The van der Waals surface area contributed by atoms with Crippen molar-refractivity contribution in [2.45, 2.75) is 52.4 Å². The van der Waals surface area contributed by atoms with Crippen LogP contribution in [0.1, 0.15) is 84.2 Å². The van der Waals surface area contributed by atoms with Gasteiger partial charge in [0.1, 0.15) is 40.2 Å². The Labute approximate surface area is 734 Å². The number of rotatable bonds is 23. The number of methoxy groups -OCH3 is 6. The summed E-state index contributed by atoms with van der Waals surface area (Å²) in [5.41, 5.74) is 7.96. The zero-order chi connectivity index (χ0) is 83.1. The highest BCUT2D eigenvalue weighted by atomic mass is 79.9. The SMILES string of the molecule is CCOC(=O)CCC(=O)c1ccc(Br)cc1OC.CCOC(=O)CCC(=S)c1ccc(Br)cc1OC.COCOc1cc(Br)ccc1-c1ncc(Cl)nn1.COc1cc(Br)ccc1-c1ncc(Cl)nn1.COc1cc(Br)ccc1C(=O)Cl.COc1cc(Br)ccc1C1=NNC(=O)CC1.Oc1cc(Br)ccc1-c1ncc(Cl)nn1. The molecule has 0 radical (unpaired) electrons. The molecule has 2 N–H and O–H groups in total. The Morgan fingerprint density at radius 1 is 0.451 bits per heavy atom. The molecule has 596 valence electrons. The Bertz CT molecular complexity index is 4810. The number of benzene rings is 7. The predicted molar refractivity (Wildman–Crippen MR) is 459 cm³/mol. The van der Waals surface area contributed by atoms with Crippen LogP contribution in [0.3, 0.4) is 0 Å². The first-order chi connectivity index (χ1) is 54.1. The maximum atomic E-state index is 11.9. The Balaban J connectivity index is 0.000000236. The molecule has 0 saturated heterocycles. The van der Waals surface area contributed by atoms with Crippen molar-refractivity contribution in [1.82, 2.24) is 51.0 Å². The molecule has 0 unspecified atom stereocenters. The minimum atomic E-state index is -0.514. The van der Waals surface area contributed by atoms with Crippen LogP contribution in [0.2, 0.25) is 15.5 Å². The van der Waals surface area contributed by atoms with Gasteiger partial charge in [-0.25, -0.2) is 20.4 Å². The number of nitrogens with one attached hydrogen (secondary N) is 1. The minimum Gasteiger partial charge on any atom is -0.507 e. The third-order valence-corrected chi connectivity index (χ3v) is 18.7. The second kappa shape index (κ2) is 51.2. The molecule has 113 heavy (non-hydrogen) atoms. The number of Topliss-reactive ketones (excluding diaryl/α,β-unsaturated/α-hetero) is 1. The molecule has 11 rings (SSSR count). The van der Waals surface area contributed by atoms with E-state index in [0.29, 0.717) is 107 Å². The number of hydrogen-bond acceptors (Lipinski definition) is 26. The molecule has 1 amide bonds. The number of aromatic hydroxyl groups is 1. The van der Waals surface area contributed by atoms with E-state index in [-0.39, 0.29) is 64.5 Å². The van der Waals surface area contributed by atoms with Crippen molar-refractivity contribution in [1.29, 1.82) is 0 Å². The lowest BCUT2D eigenvalue weighted by molar-refractivity contribution is -0.143. The zero-order valence-corrected chi connectivity index (χ0v) is 75.9. The Hall–Kier alpha value is -7.84. The predicted octanol–water partition coefficient (Wildman–Crippen LogP) is 20.0. The summed E-state index contributed by atoms with van der Waals surface area (Å²) in [7, 11) is 9.36. The number of hydrogen-bond donors (Lipinski definition) is 2. The van der Waals surface area contributed by atoms with Crippen LogP contribution in [-0.2, 0) is 28.6 Å². The fraction of sp³-hybridized carbons (Fsp3) is 0.227. The van der Waals surface area contributed by atoms with Crippen LogP contribution in [0.4, 0.5) is 0 Å². The van der Waals surface area contributed by atoms with Crippen molar-refractivity contribution in [2.24, 2.45) is 5.10 Å². The highest BCUT2D eigenvalue weighted by Gasteiger charge is 2.20. The fourth-order valence-corrected chi connectivity index (χ4v) is 12.1. The average molecular weight is 2100 g/mol. The summed E-state index contributed by atoms with van der Waals surface area (Å²) in [4.78, 5) is 69.0. The van der Waals surface area contributed by atoms with Crippen molar-refractivity contribution in [3.8, 4) is 74.4 Å². The second-order valence-corrected chi connectivity index (χ2v) is 30.1. The standard InChI is InChI=1S/C13H15BrO4.C13H15BrO3S.C11H9BrClN3O2.C11H11BrN2O2.C10H7BrClN3O.C9H5BrClN3O.C8H6BrClO2/c1-3-18-13(16)7-6-11(15)10-5-4-9(14)8-12(10)17-2;1-3-17-13(15)7-6-12(18)10-5-4-9(14)8-11(10)16-2;1-17-6-18-9-4-7(12)2-3-8(9)11-14-5-10(13)15-16-11;1-16-10-6-7(12)2-3-8(10)9-4-5-11(15)14-13-9;1-16-8-4-6(11)2-3-7(8)10-13-5-9(12)14-15-10;10-5-1-2-6(7(15)3-5)9-12-4-8(11)13-14-9;1-12-7-4-5(9)2-3-6(7)8(10)11/h2*4-5,8H,3,6-7H2,1-2H3;2-5H,6H2,1H3;2-3,6H,4-5H2,1H3,(H,14,15);2-5H,1H3;1-4,15H;2-4H,1H3. The normalized spacial score (nSPS) is 10.8. The van der Waals surface area contributed by atoms with Gasteiger partial charge in [0.2, 0.25) is 5.91 Å². The van der Waals surface area contributed by atoms with E-state index < -0.39 is 5.24 Å². The summed E-state index contributed by atoms with van der Waals surface area (Å²) in [5.74, 6) is 4.31. The molecule has 0 spiro atoms. The summed E-state index contributed by atoms with van der Waals surface area (Å²) in [6.45, 7) is 4.39. The molecule has 0 atom stereocenters. The van der Waals surface area contributed by atoms with Crippen LogP contribution in [0.25, 0.3) is 34.2 Å². The maximum absolute atomic E-state index is 11.9. The highest BCUT2D eigenvalue weighted by Crippen LogP contribution is 2.35. The van der Waals surface area contributed by atoms with Gasteiger partial charge in [-0.3, -0.25) is 24.0 Å². The van der Waals surface area contributed by atoms with E-state index in [2.05, 4.69) is 168 Å². The smallest absolute Gasteiger partial charge is 0.306 e. The van der Waals surface area contributed by atoms with E-state index in [1.54, 1.807) is 96.9 Å². The lowest BCUT2D eigenvalue weighted by Gasteiger charge is -2.14. The molecule has 38 heteroatoms. The summed E-state index contributed by atoms with van der Waals surface area (Å²) in [6.07, 6.45) is 6.38. The van der Waals surface area contributed by atoms with Crippen LogP contribution in [-0.4, -0.2) is 153 Å². The number of thiocarbonyl (C=S) groups is 1. The molecule has 0 fully saturated rings. The van der Waals surface area contributed by atoms with Crippen molar-refractivity contribution < 1.29 is 71.7 Å². The first kappa shape index (κ1) is 95.7. The third-order valence-electron chi connectivity index (χ3n) is 14.1. The third kappa shape index (κ3) is 33.1. The summed E-state index contributed by atoms with van der Waals surface area (Å²) in [5, 5.41) is 36.6. The molecule has 0 saturated carbocycles. The first-order valence-electron chi connectivity index (χ1n) is 32.7. The lowest BCUT2D eigenvalue weighted by atomic mass is 10.0. The van der Waals surface area contributed by atoms with Gasteiger partial charge < -0.3 is 47.7 Å². The number of nitrogens with zero attached hydrogens (tertiary/aromatic N) is 10. The van der Waals surface area contributed by atoms with E-state index >= 15 is 0 Å². The quantitative estimate of drug-likeness (QED) is 0.0197. The number of carbonyl (C=O) groups is 5. The number of phenols is 1. The molecule has 10 aromatic rings. The fourth-order valence-electron chi connectivity index (χ4n) is 8.98. The second-order valence-electron chi connectivity index (χ2n) is 21.7. The Morgan fingerprint density at radius 3 is 1.22 bits per heavy atom. The number of phenolic OH excluding ortho intramolecular Hbond substituents is 1. The van der Waals surface area contributed by atoms with Crippen LogP contribution in [0.5, 0.6) is 40.2 Å². The summed E-state index contributed by atoms with van der Waals surface area (Å²) < 4.78 is 52.0. The van der Waals surface area contributed by atoms with Gasteiger partial charge in [-0.05, 0) is 159 Å². The molecule has 0 bridgehead atoms. The molecule has 1 aliphatic heterocycles. The number of aromatic nitrogens is 9. The van der Waals surface area contributed by atoms with E-state index in [4.69, 9.17) is 101 Å². The Morgan fingerprint density at radius 2 is 0.814 bits per heavy atom. The minimum absolute atomic E-state index is 0.0418. The summed E-state index contributed by atoms with van der Waals surface area (Å²) in [6, 6.07) is 37.7. The summed E-state index contributed by atoms with van der Waals surface area (Å²) >= 11 is 50.7. The average Bonchev–Trinajstić information content (AvgIpc) is 0.844. The molecule has 3 aromatic heterocycles. The van der Waals surface area contributed by atoms with Crippen LogP contribution in [0, 0.1) is 0 Å². The number of halogens is 11. The molecule has 7 aromatic carbocycles. The van der Waals surface area contributed by atoms with Gasteiger partial charge in [0.15, 0.2) is 45.5 Å². The zero-order valence-electron chi connectivity index (χ0n) is 60.9. The number of ether oxygens (including phenoxy) is 9. The monoisotopic (exact) mass is 2090 g/mol. The van der Waals surface area contributed by atoms with Gasteiger partial charge in [-0.2, -0.15) is 5.10 Å². The van der Waals surface area contributed by atoms with E-state index in [1.165, 1.54) is 32.8 Å². The van der Waals surface area contributed by atoms with Gasteiger partial charge >= 0.3 is 11.9 Å². The number of carbonyl (C=O) groups excluding carboxylic acids is 5. The molecule has 4 heterocycles. The van der Waals surface area contributed by atoms with E-state index in [9.17, 15) is 29.1 Å². The van der Waals surface area contributed by atoms with Crippen molar-refractivity contribution in [3.63, 3.8) is 0 Å². The van der Waals surface area contributed by atoms with Gasteiger partial charge in [0, 0.05) is 73.7 Å². The van der Waals surface area contributed by atoms with Crippen LogP contribution in [0.15, 0.2) is 182 Å². The number of ketones is 1. The number of esters is 2. The number of amides is 1. The highest BCUT2D eigenvalue weighted by molar-refractivity contribution is 9.11. The molecular weight excluding hydrogens is 2030 g/mol. The molecular formula is C75H68Br7Cl4N11O15S. The van der Waals surface area contributed by atoms with Gasteiger partial charge in [0.25, 0.3) is 5.24 Å². The van der Waals surface area contributed by atoms with Gasteiger partial charge in [-0.15, -0.1) is 30.6 Å². The van der Waals surface area contributed by atoms with Crippen molar-refractivity contribution in [2.75, 3.05) is 62.7 Å². The number of hydrazone groups is 1.